The first kappa shape index (κ1) is 23.8. The highest BCUT2D eigenvalue weighted by molar-refractivity contribution is 6.03. The van der Waals surface area contributed by atoms with Crippen LogP contribution in [0.15, 0.2) is 28.9 Å². The van der Waals surface area contributed by atoms with Crippen LogP contribution in [0.25, 0.3) is 11.0 Å². The number of ether oxygens (including phenoxy) is 2. The number of nitrogens with zero attached hydrogens (tertiary/aromatic N) is 1. The Morgan fingerprint density at radius 2 is 1.97 bits per heavy atom. The van der Waals surface area contributed by atoms with Crippen LogP contribution in [-0.2, 0) is 19.1 Å². The van der Waals surface area contributed by atoms with Gasteiger partial charge in [-0.15, -0.1) is 0 Å². The summed E-state index contributed by atoms with van der Waals surface area (Å²) >= 11 is 0. The summed E-state index contributed by atoms with van der Waals surface area (Å²) < 4.78 is 17.1. The largest absolute Gasteiger partial charge is 0.463 e. The van der Waals surface area contributed by atoms with Gasteiger partial charge in [0.15, 0.2) is 0 Å². The van der Waals surface area contributed by atoms with Gasteiger partial charge in [0.05, 0.1) is 23.8 Å². The maximum atomic E-state index is 12.3. The first-order valence-electron chi connectivity index (χ1n) is 11.6. The van der Waals surface area contributed by atoms with Crippen molar-refractivity contribution in [1.29, 1.82) is 0 Å². The average Bonchev–Trinajstić information content (AvgIpc) is 3.21. The van der Waals surface area contributed by atoms with Crippen LogP contribution in [0.3, 0.4) is 0 Å². The number of amides is 3. The Labute approximate surface area is 198 Å². The van der Waals surface area contributed by atoms with Crippen LogP contribution in [0.4, 0.5) is 4.79 Å². The monoisotopic (exact) mass is 466 g/mol. The van der Waals surface area contributed by atoms with Crippen molar-refractivity contribution in [3.8, 4) is 11.8 Å². The van der Waals surface area contributed by atoms with Gasteiger partial charge in [0, 0.05) is 30.5 Å². The number of imide groups is 1. The number of likely N-dealkylation sites (tertiary alicyclic amines) is 1. The molecule has 1 aromatic carbocycles. The molecule has 4 rings (SSSR count). The van der Waals surface area contributed by atoms with Gasteiger partial charge in [0.2, 0.25) is 11.8 Å². The Kier molecular flexibility index (Phi) is 6.94. The fourth-order valence-electron chi connectivity index (χ4n) is 4.26. The lowest BCUT2D eigenvalue weighted by atomic mass is 9.90. The lowest BCUT2D eigenvalue weighted by molar-refractivity contribution is -0.134. The number of para-hydroxylation sites is 1. The van der Waals surface area contributed by atoms with E-state index in [-0.39, 0.29) is 30.6 Å². The predicted molar refractivity (Wildman–Crippen MR) is 125 cm³/mol. The maximum Gasteiger partial charge on any atom is 0.410 e. The number of furan rings is 1. The summed E-state index contributed by atoms with van der Waals surface area (Å²) in [4.78, 5) is 37.6. The number of benzene rings is 1. The number of fused-ring (bicyclic) bond motifs is 1. The summed E-state index contributed by atoms with van der Waals surface area (Å²) in [5.41, 5.74) is 1.62. The topological polar surface area (TPSA) is 98.1 Å². The third-order valence-corrected chi connectivity index (χ3v) is 5.95. The molecule has 0 aliphatic carbocycles. The van der Waals surface area contributed by atoms with E-state index in [4.69, 9.17) is 13.9 Å². The van der Waals surface area contributed by atoms with E-state index in [9.17, 15) is 14.4 Å². The highest BCUT2D eigenvalue weighted by Gasteiger charge is 2.31. The Hall–Kier alpha value is -3.31. The number of piperidine rings is 2. The molecule has 0 bridgehead atoms. The minimum Gasteiger partial charge on any atom is -0.463 e. The van der Waals surface area contributed by atoms with Crippen molar-refractivity contribution in [2.75, 3.05) is 19.7 Å². The number of nitrogens with one attached hydrogen (secondary N) is 1. The third-order valence-electron chi connectivity index (χ3n) is 5.95. The molecule has 8 nitrogen and oxygen atoms in total. The molecule has 2 aliphatic rings. The van der Waals surface area contributed by atoms with Gasteiger partial charge in [0.1, 0.15) is 17.8 Å². The number of carbonyl (C=O) groups is 3. The fourth-order valence-corrected chi connectivity index (χ4v) is 4.26. The zero-order chi connectivity index (χ0) is 24.3. The Morgan fingerprint density at radius 1 is 1.21 bits per heavy atom. The van der Waals surface area contributed by atoms with Crippen molar-refractivity contribution in [2.24, 2.45) is 0 Å². The molecule has 0 spiro atoms. The quantitative estimate of drug-likeness (QED) is 0.547. The Morgan fingerprint density at radius 3 is 2.68 bits per heavy atom. The van der Waals surface area contributed by atoms with E-state index in [2.05, 4.69) is 17.2 Å². The molecule has 2 saturated heterocycles. The first-order chi connectivity index (χ1) is 16.2. The number of hydrogen-bond acceptors (Lipinski definition) is 6. The molecular weight excluding hydrogens is 436 g/mol. The van der Waals surface area contributed by atoms with Crippen molar-refractivity contribution in [3.63, 3.8) is 0 Å². The van der Waals surface area contributed by atoms with E-state index in [1.54, 1.807) is 11.2 Å². The van der Waals surface area contributed by atoms with Gasteiger partial charge < -0.3 is 18.8 Å². The highest BCUT2D eigenvalue weighted by atomic mass is 16.6. The zero-order valence-corrected chi connectivity index (χ0v) is 19.8. The molecule has 180 valence electrons. The van der Waals surface area contributed by atoms with E-state index in [0.717, 1.165) is 29.4 Å². The van der Waals surface area contributed by atoms with Gasteiger partial charge in [-0.3, -0.25) is 14.9 Å². The normalized spacial score (nSPS) is 19.5. The fraction of sp³-hybridized carbons (Fsp3) is 0.500. The van der Waals surface area contributed by atoms with Crippen molar-refractivity contribution in [3.05, 3.63) is 35.6 Å². The molecule has 3 heterocycles. The van der Waals surface area contributed by atoms with E-state index in [1.165, 1.54) is 0 Å². The molecule has 0 radical (unpaired) electrons. The molecule has 3 amide bonds. The second-order valence-electron chi connectivity index (χ2n) is 9.66. The molecule has 2 aliphatic heterocycles. The molecule has 1 unspecified atom stereocenters. The van der Waals surface area contributed by atoms with Gasteiger partial charge in [0.25, 0.3) is 0 Å². The van der Waals surface area contributed by atoms with Crippen LogP contribution in [0.5, 0.6) is 0 Å². The summed E-state index contributed by atoms with van der Waals surface area (Å²) in [5.74, 6) is 5.22. The van der Waals surface area contributed by atoms with Crippen LogP contribution >= 0.6 is 0 Å². The number of carbonyl (C=O) groups excluding carboxylic acids is 3. The predicted octanol–water partition coefficient (Wildman–Crippen LogP) is 3.72. The van der Waals surface area contributed by atoms with Gasteiger partial charge in [-0.2, -0.15) is 0 Å². The third kappa shape index (κ3) is 5.60. The molecule has 8 heteroatoms. The second kappa shape index (κ2) is 9.90. The Balaban J connectivity index is 1.33. The van der Waals surface area contributed by atoms with Gasteiger partial charge in [-0.25, -0.2) is 4.79 Å². The maximum absolute atomic E-state index is 12.3. The van der Waals surface area contributed by atoms with Gasteiger partial charge in [-0.05, 0) is 46.1 Å². The van der Waals surface area contributed by atoms with Crippen molar-refractivity contribution < 1.29 is 28.3 Å². The molecule has 1 aromatic heterocycles. The molecule has 0 saturated carbocycles. The molecule has 1 N–H and O–H groups in total. The Bertz CT molecular complexity index is 1140. The summed E-state index contributed by atoms with van der Waals surface area (Å²) in [5, 5.41) is 3.23. The minimum atomic E-state index is -0.500. The van der Waals surface area contributed by atoms with Crippen LogP contribution in [-0.4, -0.2) is 54.2 Å². The lowest BCUT2D eigenvalue weighted by Gasteiger charge is -2.33. The summed E-state index contributed by atoms with van der Waals surface area (Å²) in [6.45, 7) is 7.05. The van der Waals surface area contributed by atoms with Crippen LogP contribution < -0.4 is 5.32 Å². The van der Waals surface area contributed by atoms with Crippen LogP contribution in [0.2, 0.25) is 0 Å². The smallest absolute Gasteiger partial charge is 0.410 e. The summed E-state index contributed by atoms with van der Waals surface area (Å²) in [7, 11) is 0. The standard InChI is InChI=1S/C26H30N2O6/c1-26(2,3)34-25(31)28-13-11-18(12-14-28)32-15-5-7-17-6-4-8-19-21(16-33-23(17)19)20-9-10-22(29)27-24(20)30/h4,6,8,16,18,20H,9-15H2,1-3H3,(H,27,29,30). The molecule has 2 fully saturated rings. The second-order valence-corrected chi connectivity index (χ2v) is 9.66. The number of hydrogen-bond donors (Lipinski definition) is 1. The SMILES string of the molecule is CC(C)(C)OC(=O)N1CCC(OCC#Cc2cccc3c(C4CCC(=O)NC4=O)coc23)CC1. The first-order valence-corrected chi connectivity index (χ1v) is 11.6. The lowest BCUT2D eigenvalue weighted by Crippen LogP contribution is -2.43. The summed E-state index contributed by atoms with van der Waals surface area (Å²) in [6, 6.07) is 5.65. The van der Waals surface area contributed by atoms with Crippen molar-refractivity contribution in [2.45, 2.75) is 64.1 Å². The van der Waals surface area contributed by atoms with E-state index in [1.807, 2.05) is 39.0 Å². The number of rotatable bonds is 3. The molecular formula is C26H30N2O6. The van der Waals surface area contributed by atoms with E-state index in [0.29, 0.717) is 31.5 Å². The van der Waals surface area contributed by atoms with Crippen molar-refractivity contribution in [1.82, 2.24) is 10.2 Å². The zero-order valence-electron chi connectivity index (χ0n) is 19.8. The molecule has 2 aromatic rings. The van der Waals surface area contributed by atoms with Crippen molar-refractivity contribution >= 4 is 28.9 Å². The highest BCUT2D eigenvalue weighted by Crippen LogP contribution is 2.33. The molecule has 1 atom stereocenters. The minimum absolute atomic E-state index is 0.0477. The van der Waals surface area contributed by atoms with Gasteiger partial charge >= 0.3 is 6.09 Å². The average molecular weight is 467 g/mol. The molecule has 34 heavy (non-hydrogen) atoms. The van der Waals surface area contributed by atoms with E-state index < -0.39 is 11.5 Å². The van der Waals surface area contributed by atoms with Gasteiger partial charge in [-0.1, -0.05) is 24.0 Å². The van der Waals surface area contributed by atoms with Crippen LogP contribution in [0.1, 0.15) is 63.5 Å². The van der Waals surface area contributed by atoms with E-state index >= 15 is 0 Å². The van der Waals surface area contributed by atoms with Crippen LogP contribution in [0, 0.1) is 11.8 Å². The summed E-state index contributed by atoms with van der Waals surface area (Å²) in [6.07, 6.45) is 3.62.